The van der Waals surface area contributed by atoms with Crippen molar-refractivity contribution in [2.45, 2.75) is 38.6 Å². The first-order valence-electron chi connectivity index (χ1n) is 9.33. The third-order valence-corrected chi connectivity index (χ3v) is 4.86. The zero-order valence-electron chi connectivity index (χ0n) is 15.0. The summed E-state index contributed by atoms with van der Waals surface area (Å²) >= 11 is 0. The summed E-state index contributed by atoms with van der Waals surface area (Å²) in [5.41, 5.74) is 1.99. The first-order chi connectivity index (χ1) is 12.3. The Balaban J connectivity index is 1.80. The molecule has 0 spiro atoms. The molecule has 1 fully saturated rings. The van der Waals surface area contributed by atoms with Crippen LogP contribution in [0.15, 0.2) is 54.6 Å². The molecule has 2 aromatic carbocycles. The number of hydrogen-bond donors (Lipinski definition) is 0. The number of ether oxygens (including phenoxy) is 1. The summed E-state index contributed by atoms with van der Waals surface area (Å²) in [6, 6.07) is 17.8. The number of benzene rings is 2. The number of likely N-dealkylation sites (tertiary alicyclic amines) is 1. The van der Waals surface area contributed by atoms with Crippen LogP contribution in [0.2, 0.25) is 0 Å². The van der Waals surface area contributed by atoms with Crippen LogP contribution in [0.4, 0.5) is 0 Å². The highest BCUT2D eigenvalue weighted by Gasteiger charge is 2.28. The highest BCUT2D eigenvalue weighted by molar-refractivity contribution is 6.00. The van der Waals surface area contributed by atoms with Gasteiger partial charge in [0, 0.05) is 5.56 Å². The fourth-order valence-electron chi connectivity index (χ4n) is 3.53. The molecule has 3 nitrogen and oxygen atoms in total. The largest absolute Gasteiger partial charge is 0.494 e. The Morgan fingerprint density at radius 3 is 2.32 bits per heavy atom. The van der Waals surface area contributed by atoms with Crippen LogP contribution in [-0.2, 0) is 6.42 Å². The van der Waals surface area contributed by atoms with Gasteiger partial charge in [-0.15, -0.1) is 0 Å². The van der Waals surface area contributed by atoms with E-state index in [9.17, 15) is 4.79 Å². The zero-order chi connectivity index (χ0) is 17.5. The van der Waals surface area contributed by atoms with Crippen LogP contribution in [0.25, 0.3) is 0 Å². The molecule has 132 valence electrons. The van der Waals surface area contributed by atoms with Crippen molar-refractivity contribution in [3.8, 4) is 5.75 Å². The van der Waals surface area contributed by atoms with E-state index in [1.807, 2.05) is 49.4 Å². The molecule has 2 aromatic rings. The van der Waals surface area contributed by atoms with Crippen LogP contribution in [0, 0.1) is 0 Å². The van der Waals surface area contributed by atoms with Crippen molar-refractivity contribution in [1.82, 2.24) is 4.90 Å². The van der Waals surface area contributed by atoms with Gasteiger partial charge in [0.15, 0.2) is 5.78 Å². The first kappa shape index (κ1) is 17.7. The summed E-state index contributed by atoms with van der Waals surface area (Å²) in [6.07, 6.45) is 4.41. The molecule has 0 saturated carbocycles. The van der Waals surface area contributed by atoms with Crippen molar-refractivity contribution < 1.29 is 9.53 Å². The van der Waals surface area contributed by atoms with Crippen molar-refractivity contribution in [3.63, 3.8) is 0 Å². The summed E-state index contributed by atoms with van der Waals surface area (Å²) < 4.78 is 5.49. The highest BCUT2D eigenvalue weighted by atomic mass is 16.5. The molecule has 0 N–H and O–H groups in total. The molecular formula is C22H27NO2. The minimum absolute atomic E-state index is 0.0827. The highest BCUT2D eigenvalue weighted by Crippen LogP contribution is 2.21. The number of nitrogens with zero attached hydrogens (tertiary/aromatic N) is 1. The average Bonchev–Trinajstić information content (AvgIpc) is 2.68. The van der Waals surface area contributed by atoms with E-state index >= 15 is 0 Å². The van der Waals surface area contributed by atoms with E-state index in [0.29, 0.717) is 6.61 Å². The summed E-state index contributed by atoms with van der Waals surface area (Å²) in [6.45, 7) is 4.63. The van der Waals surface area contributed by atoms with Gasteiger partial charge in [-0.1, -0.05) is 36.8 Å². The van der Waals surface area contributed by atoms with Crippen molar-refractivity contribution in [2.24, 2.45) is 0 Å². The molecule has 0 bridgehead atoms. The third-order valence-electron chi connectivity index (χ3n) is 4.86. The summed E-state index contributed by atoms with van der Waals surface area (Å²) in [7, 11) is 0. The molecule has 1 aliphatic rings. The van der Waals surface area contributed by atoms with Crippen LogP contribution in [-0.4, -0.2) is 36.4 Å². The van der Waals surface area contributed by atoms with Gasteiger partial charge in [0.1, 0.15) is 5.75 Å². The lowest BCUT2D eigenvalue weighted by atomic mass is 9.94. The fraction of sp³-hybridized carbons (Fsp3) is 0.409. The molecule has 1 aliphatic heterocycles. The van der Waals surface area contributed by atoms with E-state index in [1.165, 1.54) is 24.8 Å². The van der Waals surface area contributed by atoms with Crippen LogP contribution < -0.4 is 4.74 Å². The van der Waals surface area contributed by atoms with Gasteiger partial charge in [-0.3, -0.25) is 9.69 Å². The Kier molecular flexibility index (Phi) is 6.24. The second kappa shape index (κ2) is 8.82. The lowest BCUT2D eigenvalue weighted by molar-refractivity contribution is 0.0783. The van der Waals surface area contributed by atoms with Gasteiger partial charge in [-0.25, -0.2) is 0 Å². The fourth-order valence-corrected chi connectivity index (χ4v) is 3.53. The Morgan fingerprint density at radius 2 is 1.68 bits per heavy atom. The van der Waals surface area contributed by atoms with Gasteiger partial charge in [0.05, 0.1) is 12.6 Å². The van der Waals surface area contributed by atoms with Gasteiger partial charge in [0.25, 0.3) is 0 Å². The predicted octanol–water partition coefficient (Wildman–Crippen LogP) is 4.37. The van der Waals surface area contributed by atoms with Crippen molar-refractivity contribution in [1.29, 1.82) is 0 Å². The maximum absolute atomic E-state index is 13.2. The van der Waals surface area contributed by atoms with Crippen LogP contribution >= 0.6 is 0 Å². The molecule has 0 radical (unpaired) electrons. The number of Topliss-reactive ketones (excluding diaryl/α,β-unsaturated/α-hetero) is 1. The van der Waals surface area contributed by atoms with Crippen molar-refractivity contribution in [2.75, 3.05) is 19.7 Å². The van der Waals surface area contributed by atoms with E-state index in [0.717, 1.165) is 30.8 Å². The van der Waals surface area contributed by atoms with Gasteiger partial charge >= 0.3 is 0 Å². The number of carbonyl (C=O) groups excluding carboxylic acids is 1. The van der Waals surface area contributed by atoms with Crippen molar-refractivity contribution in [3.05, 3.63) is 65.7 Å². The number of ketones is 1. The van der Waals surface area contributed by atoms with E-state index in [1.54, 1.807) is 0 Å². The number of hydrogen-bond acceptors (Lipinski definition) is 3. The Morgan fingerprint density at radius 1 is 1.00 bits per heavy atom. The molecule has 1 atom stereocenters. The molecule has 3 rings (SSSR count). The standard InChI is InChI=1S/C22H27NO2/c1-2-25-20-13-11-19(12-14-20)22(24)21(23-15-7-4-8-16-23)17-18-9-5-3-6-10-18/h3,5-6,9-14,21H,2,4,7-8,15-17H2,1H3/t21-/m1/s1. The normalized spacial score (nSPS) is 16.4. The molecule has 0 amide bonds. The first-order valence-corrected chi connectivity index (χ1v) is 9.33. The molecular weight excluding hydrogens is 310 g/mol. The Hall–Kier alpha value is -2.13. The number of rotatable bonds is 7. The van der Waals surface area contributed by atoms with Gasteiger partial charge < -0.3 is 4.74 Å². The number of carbonyl (C=O) groups is 1. The summed E-state index contributed by atoms with van der Waals surface area (Å²) in [4.78, 5) is 15.6. The minimum atomic E-state index is -0.0827. The van der Waals surface area contributed by atoms with Gasteiger partial charge in [-0.2, -0.15) is 0 Å². The lowest BCUT2D eigenvalue weighted by Crippen LogP contribution is -2.45. The quantitative estimate of drug-likeness (QED) is 0.703. The van der Waals surface area contributed by atoms with Crippen LogP contribution in [0.3, 0.4) is 0 Å². The third kappa shape index (κ3) is 4.70. The van der Waals surface area contributed by atoms with E-state index < -0.39 is 0 Å². The lowest BCUT2D eigenvalue weighted by Gasteiger charge is -2.34. The zero-order valence-corrected chi connectivity index (χ0v) is 15.0. The number of piperidine rings is 1. The van der Waals surface area contributed by atoms with Gasteiger partial charge in [0.2, 0.25) is 0 Å². The van der Waals surface area contributed by atoms with E-state index in [2.05, 4.69) is 17.0 Å². The maximum Gasteiger partial charge on any atom is 0.180 e. The SMILES string of the molecule is CCOc1ccc(C(=O)[C@@H](Cc2ccccc2)N2CCCCC2)cc1. The predicted molar refractivity (Wildman–Crippen MR) is 101 cm³/mol. The molecule has 1 heterocycles. The molecule has 3 heteroatoms. The maximum atomic E-state index is 13.2. The average molecular weight is 337 g/mol. The van der Waals surface area contributed by atoms with E-state index in [-0.39, 0.29) is 11.8 Å². The molecule has 0 aliphatic carbocycles. The van der Waals surface area contributed by atoms with Crippen molar-refractivity contribution >= 4 is 5.78 Å². The molecule has 25 heavy (non-hydrogen) atoms. The monoisotopic (exact) mass is 337 g/mol. The molecule has 0 unspecified atom stereocenters. The Bertz CT molecular complexity index is 660. The second-order valence-corrected chi connectivity index (χ2v) is 6.62. The summed E-state index contributed by atoms with van der Waals surface area (Å²) in [5.74, 6) is 1.03. The minimum Gasteiger partial charge on any atom is -0.494 e. The van der Waals surface area contributed by atoms with E-state index in [4.69, 9.17) is 4.74 Å². The Labute approximate surface area is 150 Å². The second-order valence-electron chi connectivity index (χ2n) is 6.62. The van der Waals surface area contributed by atoms with Crippen LogP contribution in [0.1, 0.15) is 42.1 Å². The van der Waals surface area contributed by atoms with Crippen LogP contribution in [0.5, 0.6) is 5.75 Å². The topological polar surface area (TPSA) is 29.5 Å². The molecule has 0 aromatic heterocycles. The smallest absolute Gasteiger partial charge is 0.180 e. The summed E-state index contributed by atoms with van der Waals surface area (Å²) in [5, 5.41) is 0. The molecule has 1 saturated heterocycles. The van der Waals surface area contributed by atoms with Gasteiger partial charge in [-0.05, 0) is 69.1 Å².